The summed E-state index contributed by atoms with van der Waals surface area (Å²) >= 11 is 6.29. The lowest BCUT2D eigenvalue weighted by atomic mass is 9.99. The average molecular weight is 477 g/mol. The van der Waals surface area contributed by atoms with E-state index in [0.717, 1.165) is 34.5 Å². The van der Waals surface area contributed by atoms with Gasteiger partial charge in [-0.2, -0.15) is 0 Å². The van der Waals surface area contributed by atoms with Crippen LogP contribution in [0.4, 0.5) is 0 Å². The molecule has 6 rings (SSSR count). The molecule has 0 atom stereocenters. The second kappa shape index (κ2) is 8.43. The lowest BCUT2D eigenvalue weighted by molar-refractivity contribution is -0.0165. The second-order valence-electron chi connectivity index (χ2n) is 8.52. The van der Waals surface area contributed by atoms with E-state index in [9.17, 15) is 4.79 Å². The molecule has 0 radical (unpaired) electrons. The third-order valence-electron chi connectivity index (χ3n) is 6.15. The van der Waals surface area contributed by atoms with Crippen LogP contribution in [0.15, 0.2) is 48.5 Å². The van der Waals surface area contributed by atoms with Gasteiger partial charge in [-0.25, -0.2) is 0 Å². The van der Waals surface area contributed by atoms with Crippen LogP contribution in [0.3, 0.4) is 0 Å². The molecule has 0 saturated carbocycles. The predicted octanol–water partition coefficient (Wildman–Crippen LogP) is 4.88. The minimum absolute atomic E-state index is 0.152. The summed E-state index contributed by atoms with van der Waals surface area (Å²) in [7, 11) is 0. The van der Waals surface area contributed by atoms with Gasteiger partial charge in [-0.15, -0.1) is 0 Å². The molecule has 0 N–H and O–H groups in total. The number of carbonyl (C=O) groups is 1. The minimum Gasteiger partial charge on any atom is -0.477 e. The Morgan fingerprint density at radius 2 is 1.94 bits per heavy atom. The normalized spacial score (nSPS) is 17.9. The Morgan fingerprint density at radius 1 is 1.09 bits per heavy atom. The number of carbonyl (C=O) groups excluding carboxylic acids is 1. The number of Topliss-reactive ketones (excluding diaryl/α,β-unsaturated/α-hetero) is 1. The van der Waals surface area contributed by atoms with Gasteiger partial charge in [0.2, 0.25) is 5.78 Å². The summed E-state index contributed by atoms with van der Waals surface area (Å²) in [4.78, 5) is 19.6. The molecule has 0 unspecified atom stereocenters. The number of rotatable bonds is 3. The fourth-order valence-corrected chi connectivity index (χ4v) is 4.85. The number of aromatic nitrogens is 1. The van der Waals surface area contributed by atoms with Crippen LogP contribution in [-0.4, -0.2) is 29.2 Å². The molecule has 0 bridgehead atoms. The number of benzene rings is 2. The van der Waals surface area contributed by atoms with Gasteiger partial charge in [0.25, 0.3) is 0 Å². The average Bonchev–Trinajstić information content (AvgIpc) is 3.15. The van der Waals surface area contributed by atoms with Gasteiger partial charge in [-0.3, -0.25) is 14.7 Å². The van der Waals surface area contributed by atoms with Crippen LogP contribution in [0, 0.1) is 6.92 Å². The van der Waals surface area contributed by atoms with Crippen LogP contribution < -0.4 is 14.2 Å². The van der Waals surface area contributed by atoms with Crippen LogP contribution >= 0.6 is 11.6 Å². The van der Waals surface area contributed by atoms with Crippen LogP contribution in [0.1, 0.15) is 38.2 Å². The first kappa shape index (κ1) is 21.2. The minimum atomic E-state index is -0.173. The molecular formula is C26H21ClN2O5. The van der Waals surface area contributed by atoms with Crippen molar-refractivity contribution in [2.75, 3.05) is 13.5 Å². The van der Waals surface area contributed by atoms with Crippen molar-refractivity contribution in [2.24, 2.45) is 0 Å². The number of hydrogen-bond acceptors (Lipinski definition) is 7. The first-order valence-corrected chi connectivity index (χ1v) is 11.3. The molecule has 4 heterocycles. The van der Waals surface area contributed by atoms with Gasteiger partial charge in [0.05, 0.1) is 12.2 Å². The van der Waals surface area contributed by atoms with Gasteiger partial charge in [-0.1, -0.05) is 11.6 Å². The van der Waals surface area contributed by atoms with Crippen molar-refractivity contribution in [3.8, 4) is 17.2 Å². The largest absolute Gasteiger partial charge is 0.477 e. The van der Waals surface area contributed by atoms with Crippen molar-refractivity contribution in [3.63, 3.8) is 0 Å². The van der Waals surface area contributed by atoms with Crippen LogP contribution in [0.25, 0.3) is 6.08 Å². The highest BCUT2D eigenvalue weighted by molar-refractivity contribution is 6.31. The van der Waals surface area contributed by atoms with E-state index in [4.69, 9.17) is 30.5 Å². The van der Waals surface area contributed by atoms with Gasteiger partial charge in [0.15, 0.2) is 12.6 Å². The molecule has 0 saturated heterocycles. The molecule has 1 aromatic heterocycles. The molecule has 34 heavy (non-hydrogen) atoms. The van der Waals surface area contributed by atoms with Crippen molar-refractivity contribution in [2.45, 2.75) is 26.6 Å². The maximum atomic E-state index is 13.3. The predicted molar refractivity (Wildman–Crippen MR) is 125 cm³/mol. The van der Waals surface area contributed by atoms with Gasteiger partial charge < -0.3 is 18.9 Å². The fourth-order valence-electron chi connectivity index (χ4n) is 4.60. The zero-order valence-corrected chi connectivity index (χ0v) is 19.2. The maximum absolute atomic E-state index is 13.3. The van der Waals surface area contributed by atoms with Crippen LogP contribution in [0.5, 0.6) is 17.2 Å². The van der Waals surface area contributed by atoms with Gasteiger partial charge in [0.1, 0.15) is 24.0 Å². The number of nitrogens with zero attached hydrogens (tertiary/aromatic N) is 2. The van der Waals surface area contributed by atoms with Crippen molar-refractivity contribution in [3.05, 3.63) is 86.9 Å². The Hall–Kier alpha value is -3.39. The molecule has 2 aromatic carbocycles. The lowest BCUT2D eigenvalue weighted by Crippen LogP contribution is -2.32. The summed E-state index contributed by atoms with van der Waals surface area (Å²) in [5.74, 6) is 2.03. The smallest absolute Gasteiger partial charge is 0.231 e. The summed E-state index contributed by atoms with van der Waals surface area (Å²) in [6, 6.07) is 9.43. The SMILES string of the molecule is Cc1c2c(cc3c1O/C(=C\c1cc(Cl)cc4c1OCOC4)C3=O)CN(Cc1ccncc1)CO2. The molecule has 8 heteroatoms. The maximum Gasteiger partial charge on any atom is 0.231 e. The number of ether oxygens (including phenoxy) is 4. The number of ketones is 1. The molecule has 3 aliphatic heterocycles. The molecule has 0 aliphatic carbocycles. The Bertz CT molecular complexity index is 1340. The topological polar surface area (TPSA) is 70.1 Å². The zero-order valence-electron chi connectivity index (χ0n) is 18.5. The quantitative estimate of drug-likeness (QED) is 0.499. The van der Waals surface area contributed by atoms with Crippen LogP contribution in [0.2, 0.25) is 5.02 Å². The molecule has 172 valence electrons. The standard InChI is InChI=1S/C26H21ClN2O5/c1-15-24-18(11-29(13-32-24)10-16-2-4-28-5-3-16)8-21-23(30)22(34-25(15)21)9-17-6-20(27)7-19-12-31-14-33-26(17)19/h2-9H,10-14H2,1H3/b22-9-. The summed E-state index contributed by atoms with van der Waals surface area (Å²) in [5.41, 5.74) is 5.01. The van der Waals surface area contributed by atoms with E-state index in [1.54, 1.807) is 30.6 Å². The third-order valence-corrected chi connectivity index (χ3v) is 6.37. The number of hydrogen-bond donors (Lipinski definition) is 0. The number of halogens is 1. The molecule has 7 nitrogen and oxygen atoms in total. The number of allylic oxidation sites excluding steroid dienone is 1. The van der Waals surface area contributed by atoms with Crippen molar-refractivity contribution in [1.29, 1.82) is 0 Å². The third kappa shape index (κ3) is 3.72. The van der Waals surface area contributed by atoms with Crippen molar-refractivity contribution in [1.82, 2.24) is 9.88 Å². The Labute approximate surface area is 201 Å². The molecule has 3 aliphatic rings. The zero-order chi connectivity index (χ0) is 23.2. The summed E-state index contributed by atoms with van der Waals surface area (Å²) in [6.07, 6.45) is 5.25. The number of fused-ring (bicyclic) bond motifs is 3. The summed E-state index contributed by atoms with van der Waals surface area (Å²) in [5, 5.41) is 0.539. The highest BCUT2D eigenvalue weighted by Crippen LogP contribution is 2.44. The second-order valence-corrected chi connectivity index (χ2v) is 8.95. The Morgan fingerprint density at radius 3 is 2.79 bits per heavy atom. The van der Waals surface area contributed by atoms with Gasteiger partial charge in [0, 0.05) is 52.8 Å². The van der Waals surface area contributed by atoms with E-state index >= 15 is 0 Å². The van der Waals surface area contributed by atoms with Gasteiger partial charge in [-0.05, 0) is 48.9 Å². The van der Waals surface area contributed by atoms with Crippen LogP contribution in [-0.2, 0) is 24.4 Å². The van der Waals surface area contributed by atoms with E-state index in [2.05, 4.69) is 9.88 Å². The Balaban J connectivity index is 1.31. The summed E-state index contributed by atoms with van der Waals surface area (Å²) < 4.78 is 23.2. The van der Waals surface area contributed by atoms with E-state index in [0.29, 0.717) is 47.5 Å². The number of pyridine rings is 1. The highest BCUT2D eigenvalue weighted by atomic mass is 35.5. The first-order valence-electron chi connectivity index (χ1n) is 10.9. The molecule has 0 fully saturated rings. The fraction of sp³-hybridized carbons (Fsp3) is 0.231. The Kier molecular flexibility index (Phi) is 5.25. The molecule has 3 aromatic rings. The molecule has 0 amide bonds. The van der Waals surface area contributed by atoms with E-state index in [-0.39, 0.29) is 18.3 Å². The van der Waals surface area contributed by atoms with E-state index < -0.39 is 0 Å². The van der Waals surface area contributed by atoms with E-state index in [1.165, 1.54) is 0 Å². The highest BCUT2D eigenvalue weighted by Gasteiger charge is 2.34. The lowest BCUT2D eigenvalue weighted by Gasteiger charge is -2.30. The van der Waals surface area contributed by atoms with Gasteiger partial charge >= 0.3 is 0 Å². The first-order chi connectivity index (χ1) is 16.6. The van der Waals surface area contributed by atoms with E-state index in [1.807, 2.05) is 25.1 Å². The molecular weight excluding hydrogens is 456 g/mol. The van der Waals surface area contributed by atoms with Crippen molar-refractivity contribution >= 4 is 23.5 Å². The monoisotopic (exact) mass is 476 g/mol. The summed E-state index contributed by atoms with van der Waals surface area (Å²) in [6.45, 7) is 4.35. The van der Waals surface area contributed by atoms with Crippen molar-refractivity contribution < 1.29 is 23.7 Å². The molecule has 0 spiro atoms.